The van der Waals surface area contributed by atoms with Crippen LogP contribution in [0.2, 0.25) is 5.02 Å². The van der Waals surface area contributed by atoms with Gasteiger partial charge in [0.2, 0.25) is 5.91 Å². The summed E-state index contributed by atoms with van der Waals surface area (Å²) in [6.07, 6.45) is 3.69. The quantitative estimate of drug-likeness (QED) is 0.390. The van der Waals surface area contributed by atoms with Crippen molar-refractivity contribution in [2.24, 2.45) is 0 Å². The first kappa shape index (κ1) is 20.0. The van der Waals surface area contributed by atoms with E-state index >= 15 is 0 Å². The highest BCUT2D eigenvalue weighted by Crippen LogP contribution is 2.29. The van der Waals surface area contributed by atoms with Gasteiger partial charge in [-0.05, 0) is 55.7 Å². The zero-order valence-electron chi connectivity index (χ0n) is 16.1. The van der Waals surface area contributed by atoms with Crippen LogP contribution in [0.5, 0.6) is 0 Å². The van der Waals surface area contributed by atoms with E-state index in [1.165, 1.54) is 0 Å². The Labute approximate surface area is 180 Å². The van der Waals surface area contributed by atoms with Gasteiger partial charge in [0.15, 0.2) is 11.0 Å². The Morgan fingerprint density at radius 1 is 1.00 bits per heavy atom. The van der Waals surface area contributed by atoms with Crippen LogP contribution in [0.3, 0.4) is 0 Å². The molecule has 1 fully saturated rings. The maximum Gasteiger partial charge on any atom is 0.222 e. The number of rotatable bonds is 7. The van der Waals surface area contributed by atoms with Gasteiger partial charge in [-0.2, -0.15) is 0 Å². The second kappa shape index (κ2) is 9.46. The van der Waals surface area contributed by atoms with E-state index in [9.17, 15) is 4.79 Å². The van der Waals surface area contributed by atoms with Crippen LogP contribution in [0.4, 0.5) is 0 Å². The summed E-state index contributed by atoms with van der Waals surface area (Å²) in [5.74, 6) is 1.88. The summed E-state index contributed by atoms with van der Waals surface area (Å²) in [4.78, 5) is 14.2. The van der Waals surface area contributed by atoms with Crippen molar-refractivity contribution in [3.05, 3.63) is 59.6 Å². The van der Waals surface area contributed by atoms with Crippen LogP contribution in [-0.4, -0.2) is 44.4 Å². The van der Waals surface area contributed by atoms with Crippen LogP contribution in [0, 0.1) is 0 Å². The SMILES string of the molecule is O=C(CCCSc1nnc(-c2ccc(Cl)cc2)n1-c1ccccc1)N1CCCC1. The van der Waals surface area contributed by atoms with Crippen LogP contribution in [0.25, 0.3) is 17.1 Å². The molecule has 0 aliphatic carbocycles. The van der Waals surface area contributed by atoms with Gasteiger partial charge >= 0.3 is 0 Å². The van der Waals surface area contributed by atoms with Crippen molar-refractivity contribution in [3.8, 4) is 17.1 Å². The number of amides is 1. The van der Waals surface area contributed by atoms with Gasteiger partial charge in [-0.25, -0.2) is 0 Å². The summed E-state index contributed by atoms with van der Waals surface area (Å²) in [5.41, 5.74) is 1.97. The lowest BCUT2D eigenvalue weighted by molar-refractivity contribution is -0.130. The molecule has 150 valence electrons. The number of benzene rings is 2. The third-order valence-electron chi connectivity index (χ3n) is 4.98. The molecule has 2 heterocycles. The maximum absolute atomic E-state index is 12.2. The van der Waals surface area contributed by atoms with Crippen molar-refractivity contribution >= 4 is 29.3 Å². The number of carbonyl (C=O) groups excluding carboxylic acids is 1. The molecule has 0 unspecified atom stereocenters. The zero-order chi connectivity index (χ0) is 20.1. The van der Waals surface area contributed by atoms with Crippen molar-refractivity contribution in [3.63, 3.8) is 0 Å². The minimum Gasteiger partial charge on any atom is -0.343 e. The lowest BCUT2D eigenvalue weighted by Gasteiger charge is -2.14. The molecule has 29 heavy (non-hydrogen) atoms. The summed E-state index contributed by atoms with van der Waals surface area (Å²) in [7, 11) is 0. The fourth-order valence-electron chi connectivity index (χ4n) is 3.47. The molecule has 1 saturated heterocycles. The van der Waals surface area contributed by atoms with Gasteiger partial charge in [0.05, 0.1) is 0 Å². The highest BCUT2D eigenvalue weighted by atomic mass is 35.5. The smallest absolute Gasteiger partial charge is 0.222 e. The fourth-order valence-corrected chi connectivity index (χ4v) is 4.49. The molecule has 1 aromatic heterocycles. The topological polar surface area (TPSA) is 51.0 Å². The van der Waals surface area contributed by atoms with Crippen molar-refractivity contribution in [2.45, 2.75) is 30.8 Å². The van der Waals surface area contributed by atoms with Crippen LogP contribution in [0.15, 0.2) is 59.8 Å². The van der Waals surface area contributed by atoms with Crippen molar-refractivity contribution in [1.29, 1.82) is 0 Å². The molecule has 2 aromatic carbocycles. The predicted octanol–water partition coefficient (Wildman–Crippen LogP) is 5.08. The number of thioether (sulfide) groups is 1. The van der Waals surface area contributed by atoms with Gasteiger partial charge in [0.25, 0.3) is 0 Å². The Hall–Kier alpha value is -2.31. The number of nitrogens with zero attached hydrogens (tertiary/aromatic N) is 4. The molecule has 1 aliphatic heterocycles. The molecule has 5 nitrogen and oxygen atoms in total. The lowest BCUT2D eigenvalue weighted by Crippen LogP contribution is -2.27. The van der Waals surface area contributed by atoms with E-state index in [4.69, 9.17) is 11.6 Å². The Morgan fingerprint density at radius 3 is 2.45 bits per heavy atom. The molecule has 4 rings (SSSR count). The predicted molar refractivity (Wildman–Crippen MR) is 118 cm³/mol. The number of para-hydroxylation sites is 1. The second-order valence-electron chi connectivity index (χ2n) is 7.02. The van der Waals surface area contributed by atoms with E-state index in [0.29, 0.717) is 11.4 Å². The minimum absolute atomic E-state index is 0.273. The van der Waals surface area contributed by atoms with Crippen LogP contribution in [-0.2, 0) is 4.79 Å². The first-order chi connectivity index (χ1) is 14.2. The molecule has 0 bridgehead atoms. The van der Waals surface area contributed by atoms with Crippen molar-refractivity contribution < 1.29 is 4.79 Å². The zero-order valence-corrected chi connectivity index (χ0v) is 17.7. The van der Waals surface area contributed by atoms with E-state index < -0.39 is 0 Å². The van der Waals surface area contributed by atoms with Crippen molar-refractivity contribution in [1.82, 2.24) is 19.7 Å². The molecular weight excluding hydrogens is 404 g/mol. The summed E-state index contributed by atoms with van der Waals surface area (Å²) < 4.78 is 2.07. The first-order valence-corrected chi connectivity index (χ1v) is 11.3. The molecule has 3 aromatic rings. The molecule has 1 aliphatic rings. The number of hydrogen-bond acceptors (Lipinski definition) is 4. The third-order valence-corrected chi connectivity index (χ3v) is 6.24. The minimum atomic E-state index is 0.273. The number of halogens is 1. The Kier molecular flexibility index (Phi) is 6.52. The van der Waals surface area contributed by atoms with E-state index in [1.807, 2.05) is 59.5 Å². The highest BCUT2D eigenvalue weighted by molar-refractivity contribution is 7.99. The number of carbonyl (C=O) groups is 1. The molecular formula is C22H23ClN4OS. The number of likely N-dealkylation sites (tertiary alicyclic amines) is 1. The van der Waals surface area contributed by atoms with E-state index in [1.54, 1.807) is 11.8 Å². The Morgan fingerprint density at radius 2 is 1.72 bits per heavy atom. The molecule has 7 heteroatoms. The van der Waals surface area contributed by atoms with Gasteiger partial charge in [-0.15, -0.1) is 10.2 Å². The lowest BCUT2D eigenvalue weighted by atomic mass is 10.2. The van der Waals surface area contributed by atoms with Gasteiger partial charge in [0.1, 0.15) is 0 Å². The molecule has 0 radical (unpaired) electrons. The van der Waals surface area contributed by atoms with E-state index in [2.05, 4.69) is 14.8 Å². The van der Waals surface area contributed by atoms with Crippen LogP contribution < -0.4 is 0 Å². The Bertz CT molecular complexity index is 953. The summed E-state index contributed by atoms with van der Waals surface area (Å²) in [6.45, 7) is 1.83. The fraction of sp³-hybridized carbons (Fsp3) is 0.318. The van der Waals surface area contributed by atoms with E-state index in [0.717, 1.165) is 60.3 Å². The standard InChI is InChI=1S/C22H23ClN4OS/c23-18-12-10-17(11-13-18)21-24-25-22(27(21)19-7-2-1-3-8-19)29-16-6-9-20(28)26-14-4-5-15-26/h1-3,7-8,10-13H,4-6,9,14-16H2. The van der Waals surface area contributed by atoms with Crippen LogP contribution >= 0.6 is 23.4 Å². The van der Waals surface area contributed by atoms with E-state index in [-0.39, 0.29) is 5.91 Å². The molecule has 0 saturated carbocycles. The molecule has 1 amide bonds. The average Bonchev–Trinajstić information content (AvgIpc) is 3.43. The number of aromatic nitrogens is 3. The third kappa shape index (κ3) is 4.82. The molecule has 0 atom stereocenters. The normalized spacial score (nSPS) is 13.8. The molecule has 0 spiro atoms. The maximum atomic E-state index is 12.2. The summed E-state index contributed by atoms with van der Waals surface area (Å²) in [6, 6.07) is 17.7. The summed E-state index contributed by atoms with van der Waals surface area (Å²) >= 11 is 7.68. The Balaban J connectivity index is 1.49. The number of hydrogen-bond donors (Lipinski definition) is 0. The monoisotopic (exact) mass is 426 g/mol. The van der Waals surface area contributed by atoms with Crippen molar-refractivity contribution in [2.75, 3.05) is 18.8 Å². The van der Waals surface area contributed by atoms with Gasteiger partial charge < -0.3 is 4.90 Å². The average molecular weight is 427 g/mol. The molecule has 0 N–H and O–H groups in total. The highest BCUT2D eigenvalue weighted by Gasteiger charge is 2.18. The first-order valence-electron chi connectivity index (χ1n) is 9.90. The van der Waals surface area contributed by atoms with Gasteiger partial charge in [-0.3, -0.25) is 9.36 Å². The largest absolute Gasteiger partial charge is 0.343 e. The van der Waals surface area contributed by atoms with Gasteiger partial charge in [0, 0.05) is 41.5 Å². The summed E-state index contributed by atoms with van der Waals surface area (Å²) in [5, 5.41) is 10.4. The second-order valence-corrected chi connectivity index (χ2v) is 8.52. The van der Waals surface area contributed by atoms with Gasteiger partial charge in [-0.1, -0.05) is 41.6 Å². The van der Waals surface area contributed by atoms with Crippen LogP contribution in [0.1, 0.15) is 25.7 Å².